The zero-order valence-electron chi connectivity index (χ0n) is 18.8. The zero-order valence-corrected chi connectivity index (χ0v) is 20.4. The van der Waals surface area contributed by atoms with Gasteiger partial charge in [-0.05, 0) is 67.1 Å². The van der Waals surface area contributed by atoms with E-state index in [1.807, 2.05) is 6.92 Å². The van der Waals surface area contributed by atoms with E-state index in [2.05, 4.69) is 15.2 Å². The molecule has 11 heteroatoms. The Morgan fingerprint density at radius 1 is 1.00 bits per heavy atom. The summed E-state index contributed by atoms with van der Waals surface area (Å²) in [5, 5.41) is 4.31. The molecule has 3 aromatic carbocycles. The number of esters is 1. The second-order valence-electron chi connectivity index (χ2n) is 7.24. The molecular weight excluding hydrogens is 494 g/mol. The number of nitrogens with one attached hydrogen (secondary N) is 2. The van der Waals surface area contributed by atoms with Crippen LogP contribution in [0.25, 0.3) is 0 Å². The fourth-order valence-corrected chi connectivity index (χ4v) is 3.88. The van der Waals surface area contributed by atoms with E-state index in [1.54, 1.807) is 48.5 Å². The summed E-state index contributed by atoms with van der Waals surface area (Å²) in [6.07, 6.45) is 1.33. The highest BCUT2D eigenvalue weighted by atomic mass is 35.5. The van der Waals surface area contributed by atoms with Gasteiger partial charge in [0.05, 0.1) is 30.3 Å². The highest BCUT2D eigenvalue weighted by molar-refractivity contribution is 7.89. The standard InChI is InChI=1S/C24H22ClN3O6S/c1-16-3-10-20(11-4-16)35(31,32)27-15-23(29)28-26-14-17-5-12-21(22(13-17)33-2)34-24(30)18-6-8-19(25)9-7-18/h3-14,27H,15H2,1-2H3,(H,28,29). The maximum absolute atomic E-state index is 12.3. The summed E-state index contributed by atoms with van der Waals surface area (Å²) >= 11 is 5.83. The van der Waals surface area contributed by atoms with Crippen molar-refractivity contribution < 1.29 is 27.5 Å². The molecule has 0 aliphatic heterocycles. The first-order valence-corrected chi connectivity index (χ1v) is 12.1. The second-order valence-corrected chi connectivity index (χ2v) is 9.44. The number of aryl methyl sites for hydroxylation is 1. The molecule has 3 aromatic rings. The van der Waals surface area contributed by atoms with Gasteiger partial charge < -0.3 is 9.47 Å². The number of benzene rings is 3. The molecule has 0 fully saturated rings. The molecule has 2 N–H and O–H groups in total. The van der Waals surface area contributed by atoms with Crippen molar-refractivity contribution in [3.63, 3.8) is 0 Å². The summed E-state index contributed by atoms with van der Waals surface area (Å²) in [6.45, 7) is 1.35. The van der Waals surface area contributed by atoms with Gasteiger partial charge in [-0.2, -0.15) is 5.10 Å². The molecular formula is C24H22ClN3O6S. The van der Waals surface area contributed by atoms with Gasteiger partial charge in [0.1, 0.15) is 0 Å². The van der Waals surface area contributed by atoms with Gasteiger partial charge in [-0.25, -0.2) is 23.4 Å². The normalized spacial score (nSPS) is 11.3. The molecule has 0 atom stereocenters. The van der Waals surface area contributed by atoms with E-state index in [4.69, 9.17) is 21.1 Å². The summed E-state index contributed by atoms with van der Waals surface area (Å²) < 4.78 is 37.3. The van der Waals surface area contributed by atoms with Crippen molar-refractivity contribution in [3.8, 4) is 11.5 Å². The van der Waals surface area contributed by atoms with Gasteiger partial charge in [0.2, 0.25) is 10.0 Å². The van der Waals surface area contributed by atoms with Crippen molar-refractivity contribution >= 4 is 39.7 Å². The Morgan fingerprint density at radius 3 is 2.34 bits per heavy atom. The number of amides is 1. The van der Waals surface area contributed by atoms with Crippen molar-refractivity contribution in [1.29, 1.82) is 0 Å². The van der Waals surface area contributed by atoms with Crippen LogP contribution in [0.3, 0.4) is 0 Å². The summed E-state index contributed by atoms with van der Waals surface area (Å²) in [4.78, 5) is 24.4. The van der Waals surface area contributed by atoms with Crippen LogP contribution in [-0.2, 0) is 14.8 Å². The molecule has 35 heavy (non-hydrogen) atoms. The van der Waals surface area contributed by atoms with E-state index >= 15 is 0 Å². The first-order valence-electron chi connectivity index (χ1n) is 10.2. The van der Waals surface area contributed by atoms with Crippen LogP contribution in [0.1, 0.15) is 21.5 Å². The topological polar surface area (TPSA) is 123 Å². The summed E-state index contributed by atoms with van der Waals surface area (Å²) in [5.74, 6) is -0.772. The molecule has 0 radical (unpaired) electrons. The number of rotatable bonds is 9. The predicted octanol–water partition coefficient (Wildman–Crippen LogP) is 3.30. The molecule has 0 spiro atoms. The maximum Gasteiger partial charge on any atom is 0.343 e. The lowest BCUT2D eigenvalue weighted by atomic mass is 10.2. The number of halogens is 1. The third-order valence-corrected chi connectivity index (χ3v) is 6.30. The number of hydrazone groups is 1. The van der Waals surface area contributed by atoms with E-state index in [9.17, 15) is 18.0 Å². The molecule has 0 heterocycles. The minimum Gasteiger partial charge on any atom is -0.493 e. The summed E-state index contributed by atoms with van der Waals surface area (Å²) in [6, 6.07) is 17.2. The Morgan fingerprint density at radius 2 is 1.69 bits per heavy atom. The summed E-state index contributed by atoms with van der Waals surface area (Å²) in [5.41, 5.74) is 4.02. The Hall–Kier alpha value is -3.73. The quantitative estimate of drug-likeness (QED) is 0.195. The Bertz CT molecular complexity index is 1340. The van der Waals surface area contributed by atoms with Crippen molar-refractivity contribution in [2.24, 2.45) is 5.10 Å². The van der Waals surface area contributed by atoms with Gasteiger partial charge in [-0.15, -0.1) is 0 Å². The SMILES string of the molecule is COc1cc(C=NNC(=O)CNS(=O)(=O)c2ccc(C)cc2)ccc1OC(=O)c1ccc(Cl)cc1. The molecule has 0 saturated heterocycles. The maximum atomic E-state index is 12.3. The van der Waals surface area contributed by atoms with Gasteiger partial charge >= 0.3 is 5.97 Å². The average molecular weight is 516 g/mol. The molecule has 182 valence electrons. The fourth-order valence-electron chi connectivity index (χ4n) is 2.77. The monoisotopic (exact) mass is 515 g/mol. The minimum atomic E-state index is -3.82. The van der Waals surface area contributed by atoms with E-state index < -0.39 is 28.4 Å². The third-order valence-electron chi connectivity index (χ3n) is 4.63. The van der Waals surface area contributed by atoms with Crippen LogP contribution in [0.4, 0.5) is 0 Å². The van der Waals surface area contributed by atoms with Crippen LogP contribution in [0.15, 0.2) is 76.7 Å². The largest absolute Gasteiger partial charge is 0.493 e. The number of sulfonamides is 1. The third kappa shape index (κ3) is 7.38. The predicted molar refractivity (Wildman–Crippen MR) is 132 cm³/mol. The highest BCUT2D eigenvalue weighted by Crippen LogP contribution is 2.28. The molecule has 0 aromatic heterocycles. The Kier molecular flexibility index (Phi) is 8.58. The van der Waals surface area contributed by atoms with Crippen LogP contribution in [0.2, 0.25) is 5.02 Å². The van der Waals surface area contributed by atoms with E-state index in [0.717, 1.165) is 5.56 Å². The van der Waals surface area contributed by atoms with Crippen LogP contribution >= 0.6 is 11.6 Å². The lowest BCUT2D eigenvalue weighted by molar-refractivity contribution is -0.119. The van der Waals surface area contributed by atoms with Gasteiger partial charge in [-0.1, -0.05) is 29.3 Å². The fraction of sp³-hybridized carbons (Fsp3) is 0.125. The number of hydrogen-bond acceptors (Lipinski definition) is 7. The molecule has 0 bridgehead atoms. The van der Waals surface area contributed by atoms with Crippen molar-refractivity contribution in [3.05, 3.63) is 88.4 Å². The van der Waals surface area contributed by atoms with Crippen molar-refractivity contribution in [1.82, 2.24) is 10.1 Å². The number of nitrogens with zero attached hydrogens (tertiary/aromatic N) is 1. The lowest BCUT2D eigenvalue weighted by Crippen LogP contribution is -2.34. The second kappa shape index (κ2) is 11.6. The number of carbonyl (C=O) groups is 2. The number of methoxy groups -OCH3 is 1. The highest BCUT2D eigenvalue weighted by Gasteiger charge is 2.15. The number of hydrogen-bond donors (Lipinski definition) is 2. The van der Waals surface area contributed by atoms with Crippen molar-refractivity contribution in [2.45, 2.75) is 11.8 Å². The van der Waals surface area contributed by atoms with Crippen LogP contribution in [0, 0.1) is 6.92 Å². The average Bonchev–Trinajstić information content (AvgIpc) is 2.84. The Labute approximate surface area is 207 Å². The molecule has 3 rings (SSSR count). The van der Waals surface area contributed by atoms with Crippen LogP contribution in [-0.4, -0.2) is 40.2 Å². The minimum absolute atomic E-state index is 0.0587. The van der Waals surface area contributed by atoms with E-state index in [0.29, 0.717) is 16.1 Å². The zero-order chi connectivity index (χ0) is 25.4. The van der Waals surface area contributed by atoms with Crippen LogP contribution < -0.4 is 19.6 Å². The van der Waals surface area contributed by atoms with Gasteiger partial charge in [0, 0.05) is 5.02 Å². The summed E-state index contributed by atoms with van der Waals surface area (Å²) in [7, 11) is -2.41. The molecule has 0 aliphatic rings. The molecule has 1 amide bonds. The molecule has 9 nitrogen and oxygen atoms in total. The van der Waals surface area contributed by atoms with E-state index in [-0.39, 0.29) is 16.4 Å². The molecule has 0 unspecified atom stereocenters. The lowest BCUT2D eigenvalue weighted by Gasteiger charge is -2.10. The van der Waals surface area contributed by atoms with Gasteiger partial charge in [-0.3, -0.25) is 4.79 Å². The first-order chi connectivity index (χ1) is 16.7. The van der Waals surface area contributed by atoms with E-state index in [1.165, 1.54) is 31.5 Å². The van der Waals surface area contributed by atoms with Crippen LogP contribution in [0.5, 0.6) is 11.5 Å². The smallest absolute Gasteiger partial charge is 0.343 e. The number of carbonyl (C=O) groups excluding carboxylic acids is 2. The van der Waals surface area contributed by atoms with Crippen molar-refractivity contribution in [2.75, 3.05) is 13.7 Å². The molecule has 0 aliphatic carbocycles. The van der Waals surface area contributed by atoms with Gasteiger partial charge in [0.25, 0.3) is 5.91 Å². The first kappa shape index (κ1) is 25.9. The molecule has 0 saturated carbocycles. The van der Waals surface area contributed by atoms with Gasteiger partial charge in [0.15, 0.2) is 11.5 Å². The number of ether oxygens (including phenoxy) is 2. The Balaban J connectivity index is 1.56.